The molecule has 21 heavy (non-hydrogen) atoms. The molecule has 0 atom stereocenters. The molecule has 118 valence electrons. The predicted molar refractivity (Wildman–Crippen MR) is 84.5 cm³/mol. The molecule has 1 aliphatic rings. The lowest BCUT2D eigenvalue weighted by molar-refractivity contribution is 0.0702. The summed E-state index contributed by atoms with van der Waals surface area (Å²) in [4.78, 5) is 13.2. The zero-order valence-corrected chi connectivity index (χ0v) is 14.6. The van der Waals surface area contributed by atoms with Gasteiger partial charge >= 0.3 is 5.97 Å². The molecule has 1 fully saturated rings. The van der Waals surface area contributed by atoms with E-state index in [1.54, 1.807) is 0 Å². The van der Waals surface area contributed by atoms with Gasteiger partial charge in [0, 0.05) is 6.54 Å². The molecule has 1 aromatic heterocycles. The highest BCUT2D eigenvalue weighted by Crippen LogP contribution is 2.31. The van der Waals surface area contributed by atoms with Crippen LogP contribution in [0.3, 0.4) is 0 Å². The van der Waals surface area contributed by atoms with Crippen LogP contribution in [0.25, 0.3) is 0 Å². The fourth-order valence-corrected chi connectivity index (χ4v) is 5.71. The lowest BCUT2D eigenvalue weighted by atomic mass is 10.4. The summed E-state index contributed by atoms with van der Waals surface area (Å²) in [5.41, 5.74) is 0. The van der Waals surface area contributed by atoms with Gasteiger partial charge in [0.1, 0.15) is 9.77 Å². The first kappa shape index (κ1) is 16.9. The molecule has 0 spiro atoms. The summed E-state index contributed by atoms with van der Waals surface area (Å²) in [6.45, 7) is 3.41. The van der Waals surface area contributed by atoms with E-state index in [1.807, 2.05) is 0 Å². The van der Waals surface area contributed by atoms with Gasteiger partial charge in [-0.2, -0.15) is 0 Å². The second-order valence-electron chi connectivity index (χ2n) is 4.85. The molecule has 9 heteroatoms. The van der Waals surface area contributed by atoms with E-state index < -0.39 is 16.0 Å². The van der Waals surface area contributed by atoms with Crippen LogP contribution in [-0.2, 0) is 10.0 Å². The van der Waals surface area contributed by atoms with Crippen molar-refractivity contribution in [3.8, 4) is 0 Å². The number of aromatic carboxylic acids is 1. The molecule has 1 aliphatic heterocycles. The first-order chi connectivity index (χ1) is 9.90. The van der Waals surface area contributed by atoms with E-state index in [0.717, 1.165) is 37.4 Å². The molecular formula is C12H17BrN2O4S2. The van der Waals surface area contributed by atoms with Gasteiger partial charge in [-0.3, -0.25) is 0 Å². The standard InChI is InChI=1S/C12H17BrN2O4S2/c13-11-10(8-9(20-11)12(16)17)21(18,19)14-4-3-7-15-5-1-2-6-15/h8,14H,1-7H2,(H,16,17). The van der Waals surface area contributed by atoms with Crippen molar-refractivity contribution in [3.05, 3.63) is 14.7 Å². The topological polar surface area (TPSA) is 86.7 Å². The maximum atomic E-state index is 12.1. The third-order valence-corrected chi connectivity index (χ3v) is 7.00. The Kier molecular flexibility index (Phi) is 5.78. The number of halogens is 1. The number of rotatable bonds is 7. The molecule has 2 N–H and O–H groups in total. The number of carboxylic acids is 1. The van der Waals surface area contributed by atoms with Gasteiger partial charge in [-0.25, -0.2) is 17.9 Å². The molecule has 0 aromatic carbocycles. The van der Waals surface area contributed by atoms with Crippen LogP contribution in [0.2, 0.25) is 0 Å². The summed E-state index contributed by atoms with van der Waals surface area (Å²) in [7, 11) is -3.67. The van der Waals surface area contributed by atoms with Crippen molar-refractivity contribution in [2.45, 2.75) is 24.2 Å². The molecule has 1 saturated heterocycles. The number of likely N-dealkylation sites (tertiary alicyclic amines) is 1. The lowest BCUT2D eigenvalue weighted by Crippen LogP contribution is -2.28. The minimum absolute atomic E-state index is 0.000633. The number of carboxylic acid groups (broad SMARTS) is 1. The van der Waals surface area contributed by atoms with Crippen molar-refractivity contribution in [1.82, 2.24) is 9.62 Å². The van der Waals surface area contributed by atoms with Crippen molar-refractivity contribution in [2.75, 3.05) is 26.2 Å². The Morgan fingerprint density at radius 3 is 2.67 bits per heavy atom. The van der Waals surface area contributed by atoms with Crippen molar-refractivity contribution in [1.29, 1.82) is 0 Å². The van der Waals surface area contributed by atoms with Gasteiger partial charge in [-0.15, -0.1) is 11.3 Å². The van der Waals surface area contributed by atoms with E-state index in [4.69, 9.17) is 5.11 Å². The van der Waals surface area contributed by atoms with Crippen molar-refractivity contribution in [3.63, 3.8) is 0 Å². The lowest BCUT2D eigenvalue weighted by Gasteiger charge is -2.14. The van der Waals surface area contributed by atoms with Gasteiger partial charge in [0.15, 0.2) is 0 Å². The van der Waals surface area contributed by atoms with Crippen molar-refractivity contribution in [2.24, 2.45) is 0 Å². The van der Waals surface area contributed by atoms with Crippen LogP contribution in [0.4, 0.5) is 0 Å². The SMILES string of the molecule is O=C(O)c1cc(S(=O)(=O)NCCCN2CCCC2)c(Br)s1. The third kappa shape index (κ3) is 4.49. The van der Waals surface area contributed by atoms with Gasteiger partial charge in [-0.1, -0.05) is 0 Å². The van der Waals surface area contributed by atoms with Crippen LogP contribution in [0.15, 0.2) is 14.7 Å². The maximum absolute atomic E-state index is 12.1. The molecule has 0 aliphatic carbocycles. The number of thiophene rings is 1. The summed E-state index contributed by atoms with van der Waals surface area (Å²) in [5.74, 6) is -1.13. The van der Waals surface area contributed by atoms with Crippen LogP contribution in [0.1, 0.15) is 28.9 Å². The number of carbonyl (C=O) groups is 1. The largest absolute Gasteiger partial charge is 0.477 e. The van der Waals surface area contributed by atoms with Crippen LogP contribution in [0.5, 0.6) is 0 Å². The average Bonchev–Trinajstić information content (AvgIpc) is 3.04. The average molecular weight is 397 g/mol. The zero-order chi connectivity index (χ0) is 15.5. The summed E-state index contributed by atoms with van der Waals surface area (Å²) in [5, 5.41) is 8.89. The predicted octanol–water partition coefficient (Wildman–Crippen LogP) is 1.97. The van der Waals surface area contributed by atoms with Crippen LogP contribution in [-0.4, -0.2) is 50.6 Å². The molecule has 0 bridgehead atoms. The fraction of sp³-hybridized carbons (Fsp3) is 0.583. The van der Waals surface area contributed by atoms with Crippen molar-refractivity contribution >= 4 is 43.3 Å². The van der Waals surface area contributed by atoms with Crippen LogP contribution >= 0.6 is 27.3 Å². The molecular weight excluding hydrogens is 380 g/mol. The molecule has 1 aromatic rings. The van der Waals surface area contributed by atoms with Gasteiger partial charge in [0.05, 0.1) is 3.79 Å². The van der Waals surface area contributed by atoms with E-state index in [1.165, 1.54) is 18.9 Å². The van der Waals surface area contributed by atoms with E-state index in [9.17, 15) is 13.2 Å². The molecule has 2 heterocycles. The van der Waals surface area contributed by atoms with E-state index in [-0.39, 0.29) is 9.77 Å². The Hall–Kier alpha value is -0.480. The Morgan fingerprint density at radius 2 is 2.10 bits per heavy atom. The first-order valence-corrected chi connectivity index (χ1v) is 9.74. The van der Waals surface area contributed by atoms with E-state index >= 15 is 0 Å². The van der Waals surface area contributed by atoms with E-state index in [0.29, 0.717) is 10.3 Å². The first-order valence-electron chi connectivity index (χ1n) is 6.65. The fourth-order valence-electron chi connectivity index (χ4n) is 2.23. The summed E-state index contributed by atoms with van der Waals surface area (Å²) >= 11 is 4.01. The number of hydrogen-bond donors (Lipinski definition) is 2. The number of nitrogens with one attached hydrogen (secondary N) is 1. The highest BCUT2D eigenvalue weighted by Gasteiger charge is 2.22. The van der Waals surface area contributed by atoms with Crippen LogP contribution in [0, 0.1) is 0 Å². The second kappa shape index (κ2) is 7.19. The molecule has 2 rings (SSSR count). The summed E-state index contributed by atoms with van der Waals surface area (Å²) in [6, 6.07) is 1.18. The number of nitrogens with zero attached hydrogens (tertiary/aromatic N) is 1. The van der Waals surface area contributed by atoms with Gasteiger partial charge in [-0.05, 0) is 60.9 Å². The van der Waals surface area contributed by atoms with Gasteiger partial charge < -0.3 is 10.0 Å². The highest BCUT2D eigenvalue weighted by molar-refractivity contribution is 9.11. The quantitative estimate of drug-likeness (QED) is 0.687. The Labute approximate surface area is 136 Å². The maximum Gasteiger partial charge on any atom is 0.345 e. The molecule has 0 saturated carbocycles. The Bertz CT molecular complexity index is 609. The van der Waals surface area contributed by atoms with Crippen molar-refractivity contribution < 1.29 is 18.3 Å². The number of sulfonamides is 1. The van der Waals surface area contributed by atoms with E-state index in [2.05, 4.69) is 25.6 Å². The molecule has 0 radical (unpaired) electrons. The highest BCUT2D eigenvalue weighted by atomic mass is 79.9. The molecule has 0 amide bonds. The normalized spacial score (nSPS) is 16.4. The molecule has 6 nitrogen and oxygen atoms in total. The molecule has 0 unspecified atom stereocenters. The smallest absolute Gasteiger partial charge is 0.345 e. The minimum atomic E-state index is -3.67. The minimum Gasteiger partial charge on any atom is -0.477 e. The third-order valence-electron chi connectivity index (χ3n) is 3.30. The second-order valence-corrected chi connectivity index (χ2v) is 8.96. The monoisotopic (exact) mass is 396 g/mol. The Morgan fingerprint density at radius 1 is 1.43 bits per heavy atom. The summed E-state index contributed by atoms with van der Waals surface area (Å²) in [6.07, 6.45) is 3.17. The van der Waals surface area contributed by atoms with Gasteiger partial charge in [0.2, 0.25) is 10.0 Å². The summed E-state index contributed by atoms with van der Waals surface area (Å²) < 4.78 is 27.1. The van der Waals surface area contributed by atoms with Gasteiger partial charge in [0.25, 0.3) is 0 Å². The zero-order valence-electron chi connectivity index (χ0n) is 11.3. The Balaban J connectivity index is 1.90. The van der Waals surface area contributed by atoms with Crippen LogP contribution < -0.4 is 4.72 Å². The number of hydrogen-bond acceptors (Lipinski definition) is 5.